The van der Waals surface area contributed by atoms with E-state index in [-0.39, 0.29) is 16.0 Å². The number of aromatic nitrogens is 1. The third-order valence-corrected chi connectivity index (χ3v) is 3.52. The van der Waals surface area contributed by atoms with Crippen molar-refractivity contribution < 1.29 is 8.42 Å². The van der Waals surface area contributed by atoms with Gasteiger partial charge in [0.2, 0.25) is 10.0 Å². The van der Waals surface area contributed by atoms with Crippen LogP contribution in [-0.2, 0) is 10.0 Å². The molecule has 1 aromatic rings. The highest BCUT2D eigenvalue weighted by molar-refractivity contribution is 7.89. The molecule has 0 saturated carbocycles. The molecule has 0 aromatic carbocycles. The molecule has 0 amide bonds. The van der Waals surface area contributed by atoms with Gasteiger partial charge in [-0.1, -0.05) is 11.6 Å². The number of rotatable bonds is 5. The van der Waals surface area contributed by atoms with Gasteiger partial charge in [-0.2, -0.15) is 0 Å². The lowest BCUT2D eigenvalue weighted by Gasteiger charge is -2.08. The number of nitrogens with two attached hydrogens (primary N) is 1. The average molecular weight is 264 g/mol. The summed E-state index contributed by atoms with van der Waals surface area (Å²) in [5.41, 5.74) is 5.52. The Labute approximate surface area is 100 Å². The van der Waals surface area contributed by atoms with Crippen LogP contribution in [0.25, 0.3) is 0 Å². The second kappa shape index (κ2) is 5.58. The predicted molar refractivity (Wildman–Crippen MR) is 62.7 cm³/mol. The van der Waals surface area contributed by atoms with E-state index in [1.54, 1.807) is 0 Å². The van der Waals surface area contributed by atoms with Crippen molar-refractivity contribution in [3.8, 4) is 0 Å². The van der Waals surface area contributed by atoms with Gasteiger partial charge in [0.05, 0.1) is 5.02 Å². The summed E-state index contributed by atoms with van der Waals surface area (Å²) in [4.78, 5) is 3.78. The van der Waals surface area contributed by atoms with E-state index in [9.17, 15) is 8.42 Å². The molecule has 0 bridgehead atoms. The van der Waals surface area contributed by atoms with E-state index in [0.29, 0.717) is 13.0 Å². The molecular weight excluding hydrogens is 250 g/mol. The molecule has 1 atom stereocenters. The van der Waals surface area contributed by atoms with Crippen LogP contribution in [-0.4, -0.2) is 26.0 Å². The highest BCUT2D eigenvalue weighted by Gasteiger charge is 2.14. The van der Waals surface area contributed by atoms with Crippen LogP contribution in [0.4, 0.5) is 0 Å². The van der Waals surface area contributed by atoms with Crippen molar-refractivity contribution in [1.82, 2.24) is 9.71 Å². The summed E-state index contributed by atoms with van der Waals surface area (Å²) in [6, 6.07) is 1.31. The molecule has 0 saturated heterocycles. The zero-order chi connectivity index (χ0) is 12.2. The van der Waals surface area contributed by atoms with Gasteiger partial charge in [-0.3, -0.25) is 4.98 Å². The molecule has 0 aliphatic heterocycles. The Kier molecular flexibility index (Phi) is 4.67. The van der Waals surface area contributed by atoms with Crippen molar-refractivity contribution in [3.05, 3.63) is 23.5 Å². The maximum absolute atomic E-state index is 11.7. The maximum atomic E-state index is 11.7. The molecule has 0 spiro atoms. The lowest BCUT2D eigenvalue weighted by Crippen LogP contribution is -2.29. The van der Waals surface area contributed by atoms with Crippen molar-refractivity contribution >= 4 is 21.6 Å². The minimum atomic E-state index is -3.53. The summed E-state index contributed by atoms with van der Waals surface area (Å²) in [5, 5.41) is 0.287. The molecule has 1 rings (SSSR count). The standard InChI is InChI=1S/C9H14ClN3O2S/c1-7(11)2-3-13-16(14,15)9-4-8(10)5-12-6-9/h4-7,13H,2-3,11H2,1H3. The van der Waals surface area contributed by atoms with Crippen LogP contribution in [0, 0.1) is 0 Å². The van der Waals surface area contributed by atoms with Gasteiger partial charge in [-0.05, 0) is 19.4 Å². The number of hydrogen-bond acceptors (Lipinski definition) is 4. The number of sulfonamides is 1. The first-order valence-electron chi connectivity index (χ1n) is 4.77. The molecule has 0 aliphatic rings. The van der Waals surface area contributed by atoms with E-state index in [1.165, 1.54) is 18.5 Å². The molecule has 1 aromatic heterocycles. The topological polar surface area (TPSA) is 85.1 Å². The minimum absolute atomic E-state index is 0.0415. The van der Waals surface area contributed by atoms with E-state index in [0.717, 1.165) is 0 Å². The van der Waals surface area contributed by atoms with E-state index in [4.69, 9.17) is 17.3 Å². The first-order chi connectivity index (χ1) is 7.42. The van der Waals surface area contributed by atoms with E-state index in [1.807, 2.05) is 6.92 Å². The zero-order valence-electron chi connectivity index (χ0n) is 8.85. The van der Waals surface area contributed by atoms with E-state index >= 15 is 0 Å². The second-order valence-corrected chi connectivity index (χ2v) is 5.71. The van der Waals surface area contributed by atoms with Crippen molar-refractivity contribution in [1.29, 1.82) is 0 Å². The van der Waals surface area contributed by atoms with Gasteiger partial charge in [0.1, 0.15) is 4.90 Å². The SMILES string of the molecule is CC(N)CCNS(=O)(=O)c1cncc(Cl)c1. The first kappa shape index (κ1) is 13.4. The van der Waals surface area contributed by atoms with Gasteiger partial charge < -0.3 is 5.73 Å². The summed E-state index contributed by atoms with van der Waals surface area (Å²) < 4.78 is 25.9. The van der Waals surface area contributed by atoms with Gasteiger partial charge in [0.15, 0.2) is 0 Å². The van der Waals surface area contributed by atoms with E-state index < -0.39 is 10.0 Å². The summed E-state index contributed by atoms with van der Waals surface area (Å²) in [6.45, 7) is 2.11. The number of halogens is 1. The Morgan fingerprint density at radius 1 is 1.56 bits per heavy atom. The van der Waals surface area contributed by atoms with Crippen LogP contribution in [0.1, 0.15) is 13.3 Å². The van der Waals surface area contributed by atoms with Crippen molar-refractivity contribution in [2.75, 3.05) is 6.54 Å². The lowest BCUT2D eigenvalue weighted by atomic mass is 10.3. The van der Waals surface area contributed by atoms with Gasteiger partial charge in [0.25, 0.3) is 0 Å². The van der Waals surface area contributed by atoms with Crippen LogP contribution >= 0.6 is 11.6 Å². The average Bonchev–Trinajstić information content (AvgIpc) is 2.16. The largest absolute Gasteiger partial charge is 0.328 e. The smallest absolute Gasteiger partial charge is 0.242 e. The molecule has 3 N–H and O–H groups in total. The number of nitrogens with one attached hydrogen (secondary N) is 1. The van der Waals surface area contributed by atoms with Crippen molar-refractivity contribution in [2.45, 2.75) is 24.3 Å². The van der Waals surface area contributed by atoms with Crippen LogP contribution in [0.2, 0.25) is 5.02 Å². The monoisotopic (exact) mass is 263 g/mol. The predicted octanol–water partition coefficient (Wildman–Crippen LogP) is 0.751. The maximum Gasteiger partial charge on any atom is 0.242 e. The number of nitrogens with zero attached hydrogens (tertiary/aromatic N) is 1. The Morgan fingerprint density at radius 2 is 2.25 bits per heavy atom. The molecule has 0 fully saturated rings. The Hall–Kier alpha value is -0.690. The van der Waals surface area contributed by atoms with Gasteiger partial charge in [-0.25, -0.2) is 13.1 Å². The molecular formula is C9H14ClN3O2S. The molecule has 90 valence electrons. The fourth-order valence-corrected chi connectivity index (χ4v) is 2.32. The molecule has 5 nitrogen and oxygen atoms in total. The van der Waals surface area contributed by atoms with Gasteiger partial charge in [0, 0.05) is 25.0 Å². The zero-order valence-corrected chi connectivity index (χ0v) is 10.4. The fraction of sp³-hybridized carbons (Fsp3) is 0.444. The molecule has 16 heavy (non-hydrogen) atoms. The summed E-state index contributed by atoms with van der Waals surface area (Å²) in [6.07, 6.45) is 3.20. The fourth-order valence-electron chi connectivity index (χ4n) is 1.04. The summed E-state index contributed by atoms with van der Waals surface area (Å²) in [7, 11) is -3.53. The summed E-state index contributed by atoms with van der Waals surface area (Å²) in [5.74, 6) is 0. The molecule has 0 aliphatic carbocycles. The van der Waals surface area contributed by atoms with Gasteiger partial charge in [-0.15, -0.1) is 0 Å². The number of hydrogen-bond donors (Lipinski definition) is 2. The lowest BCUT2D eigenvalue weighted by molar-refractivity contribution is 0.571. The Morgan fingerprint density at radius 3 is 2.81 bits per heavy atom. The third kappa shape index (κ3) is 4.05. The van der Waals surface area contributed by atoms with Crippen LogP contribution in [0.3, 0.4) is 0 Å². The highest BCUT2D eigenvalue weighted by Crippen LogP contribution is 2.13. The molecule has 1 unspecified atom stereocenters. The quantitative estimate of drug-likeness (QED) is 0.821. The second-order valence-electron chi connectivity index (χ2n) is 3.50. The first-order valence-corrected chi connectivity index (χ1v) is 6.64. The van der Waals surface area contributed by atoms with E-state index in [2.05, 4.69) is 9.71 Å². The third-order valence-electron chi connectivity index (χ3n) is 1.88. The Balaban J connectivity index is 2.71. The van der Waals surface area contributed by atoms with Gasteiger partial charge >= 0.3 is 0 Å². The highest BCUT2D eigenvalue weighted by atomic mass is 35.5. The number of pyridine rings is 1. The molecule has 0 radical (unpaired) electrons. The van der Waals surface area contributed by atoms with Crippen LogP contribution < -0.4 is 10.5 Å². The van der Waals surface area contributed by atoms with Crippen molar-refractivity contribution in [2.24, 2.45) is 5.73 Å². The van der Waals surface area contributed by atoms with Crippen LogP contribution in [0.5, 0.6) is 0 Å². The normalized spacial score (nSPS) is 13.7. The minimum Gasteiger partial charge on any atom is -0.328 e. The molecule has 7 heteroatoms. The molecule has 1 heterocycles. The Bertz CT molecular complexity index is 448. The summed E-state index contributed by atoms with van der Waals surface area (Å²) >= 11 is 5.66. The van der Waals surface area contributed by atoms with Crippen molar-refractivity contribution in [3.63, 3.8) is 0 Å². The van der Waals surface area contributed by atoms with Crippen LogP contribution in [0.15, 0.2) is 23.4 Å².